The van der Waals surface area contributed by atoms with E-state index in [2.05, 4.69) is 38.2 Å². The SMILES string of the molecule is COc1cccc(CNCC(CC(C)C)N(C)C)c1O. The maximum absolute atomic E-state index is 10.0. The molecule has 1 unspecified atom stereocenters. The molecule has 2 N–H and O–H groups in total. The lowest BCUT2D eigenvalue weighted by molar-refractivity contribution is 0.246. The molecule has 114 valence electrons. The van der Waals surface area contributed by atoms with Crippen molar-refractivity contribution in [2.75, 3.05) is 27.7 Å². The smallest absolute Gasteiger partial charge is 0.162 e. The minimum atomic E-state index is 0.229. The van der Waals surface area contributed by atoms with Crippen LogP contribution < -0.4 is 10.1 Å². The van der Waals surface area contributed by atoms with Gasteiger partial charge in [0.2, 0.25) is 0 Å². The summed E-state index contributed by atoms with van der Waals surface area (Å²) in [5, 5.41) is 13.5. The Balaban J connectivity index is 2.54. The van der Waals surface area contributed by atoms with Gasteiger partial charge in [0, 0.05) is 24.7 Å². The van der Waals surface area contributed by atoms with Crippen molar-refractivity contribution in [2.45, 2.75) is 32.9 Å². The fraction of sp³-hybridized carbons (Fsp3) is 0.625. The largest absolute Gasteiger partial charge is 0.504 e. The predicted molar refractivity (Wildman–Crippen MR) is 83.3 cm³/mol. The highest BCUT2D eigenvalue weighted by molar-refractivity contribution is 5.45. The fourth-order valence-electron chi connectivity index (χ4n) is 2.27. The van der Waals surface area contributed by atoms with Crippen LogP contribution in [0.3, 0.4) is 0 Å². The summed E-state index contributed by atoms with van der Waals surface area (Å²) in [6, 6.07) is 6.08. The van der Waals surface area contributed by atoms with Crippen molar-refractivity contribution in [1.29, 1.82) is 0 Å². The van der Waals surface area contributed by atoms with E-state index >= 15 is 0 Å². The van der Waals surface area contributed by atoms with Gasteiger partial charge in [0.05, 0.1) is 7.11 Å². The number of aromatic hydroxyl groups is 1. The van der Waals surface area contributed by atoms with Crippen LogP contribution in [0.1, 0.15) is 25.8 Å². The first kappa shape index (κ1) is 16.8. The molecule has 0 spiro atoms. The molecule has 0 bridgehead atoms. The van der Waals surface area contributed by atoms with Crippen molar-refractivity contribution in [3.05, 3.63) is 23.8 Å². The Morgan fingerprint density at radius 1 is 1.30 bits per heavy atom. The Morgan fingerprint density at radius 2 is 2.00 bits per heavy atom. The fourth-order valence-corrected chi connectivity index (χ4v) is 2.27. The molecule has 0 radical (unpaired) electrons. The van der Waals surface area contributed by atoms with Crippen LogP contribution in [0.4, 0.5) is 0 Å². The zero-order chi connectivity index (χ0) is 15.1. The Morgan fingerprint density at radius 3 is 2.55 bits per heavy atom. The van der Waals surface area contributed by atoms with Gasteiger partial charge in [-0.1, -0.05) is 26.0 Å². The summed E-state index contributed by atoms with van der Waals surface area (Å²) < 4.78 is 5.12. The third-order valence-corrected chi connectivity index (χ3v) is 3.47. The summed E-state index contributed by atoms with van der Waals surface area (Å²) in [7, 11) is 5.78. The molecule has 1 aromatic carbocycles. The minimum Gasteiger partial charge on any atom is -0.504 e. The molecular weight excluding hydrogens is 252 g/mol. The first-order valence-electron chi connectivity index (χ1n) is 7.17. The molecule has 0 heterocycles. The minimum absolute atomic E-state index is 0.229. The average Bonchev–Trinajstić information content (AvgIpc) is 2.39. The van der Waals surface area contributed by atoms with Gasteiger partial charge in [-0.25, -0.2) is 0 Å². The molecule has 4 heteroatoms. The van der Waals surface area contributed by atoms with E-state index in [1.54, 1.807) is 13.2 Å². The Labute approximate surface area is 122 Å². The van der Waals surface area contributed by atoms with Gasteiger partial charge in [-0.15, -0.1) is 0 Å². The molecule has 1 rings (SSSR count). The Kier molecular flexibility index (Phi) is 6.82. The predicted octanol–water partition coefficient (Wildman–Crippen LogP) is 2.47. The van der Waals surface area contributed by atoms with Gasteiger partial charge in [0.25, 0.3) is 0 Å². The highest BCUT2D eigenvalue weighted by Crippen LogP contribution is 2.29. The molecule has 0 aliphatic carbocycles. The van der Waals surface area contributed by atoms with E-state index in [1.165, 1.54) is 0 Å². The lowest BCUT2D eigenvalue weighted by Gasteiger charge is -2.26. The first-order chi connectivity index (χ1) is 9.45. The van der Waals surface area contributed by atoms with E-state index in [9.17, 15) is 5.11 Å². The third-order valence-electron chi connectivity index (χ3n) is 3.47. The second kappa shape index (κ2) is 8.12. The summed E-state index contributed by atoms with van der Waals surface area (Å²) in [6.07, 6.45) is 1.16. The highest BCUT2D eigenvalue weighted by atomic mass is 16.5. The number of hydrogen-bond donors (Lipinski definition) is 2. The number of ether oxygens (including phenoxy) is 1. The normalized spacial score (nSPS) is 12.9. The van der Waals surface area contributed by atoms with Crippen LogP contribution in [-0.2, 0) is 6.54 Å². The quantitative estimate of drug-likeness (QED) is 0.768. The maximum Gasteiger partial charge on any atom is 0.162 e. The molecule has 1 atom stereocenters. The third kappa shape index (κ3) is 5.02. The average molecular weight is 280 g/mol. The highest BCUT2D eigenvalue weighted by Gasteiger charge is 2.13. The standard InChI is InChI=1S/C16H28N2O2/c1-12(2)9-14(18(3)4)11-17-10-13-7-6-8-15(20-5)16(13)19/h6-8,12,14,17,19H,9-11H2,1-5H3. The molecule has 1 aromatic rings. The van der Waals surface area contributed by atoms with Crippen molar-refractivity contribution in [2.24, 2.45) is 5.92 Å². The number of phenolic OH excluding ortho intramolecular Hbond substituents is 1. The zero-order valence-corrected chi connectivity index (χ0v) is 13.3. The summed E-state index contributed by atoms with van der Waals surface area (Å²) in [5.74, 6) is 1.43. The van der Waals surface area contributed by atoms with Crippen LogP contribution in [0.5, 0.6) is 11.5 Å². The van der Waals surface area contributed by atoms with Gasteiger partial charge in [-0.2, -0.15) is 0 Å². The van der Waals surface area contributed by atoms with Crippen LogP contribution in [0.25, 0.3) is 0 Å². The second-order valence-corrected chi connectivity index (χ2v) is 5.85. The molecule has 0 saturated carbocycles. The molecule has 0 aliphatic heterocycles. The molecule has 0 aliphatic rings. The number of phenols is 1. The zero-order valence-electron chi connectivity index (χ0n) is 13.3. The number of rotatable bonds is 8. The van der Waals surface area contributed by atoms with Crippen LogP contribution in [-0.4, -0.2) is 43.8 Å². The summed E-state index contributed by atoms with van der Waals surface area (Å²) in [5.41, 5.74) is 0.867. The monoisotopic (exact) mass is 280 g/mol. The van der Waals surface area contributed by atoms with E-state index in [1.807, 2.05) is 12.1 Å². The van der Waals surface area contributed by atoms with E-state index in [0.29, 0.717) is 24.3 Å². The van der Waals surface area contributed by atoms with Gasteiger partial charge >= 0.3 is 0 Å². The maximum atomic E-state index is 10.0. The molecular formula is C16H28N2O2. The number of hydrogen-bond acceptors (Lipinski definition) is 4. The Hall–Kier alpha value is -1.26. The van der Waals surface area contributed by atoms with Gasteiger partial charge < -0.3 is 20.1 Å². The summed E-state index contributed by atoms with van der Waals surface area (Å²) >= 11 is 0. The molecule has 4 nitrogen and oxygen atoms in total. The summed E-state index contributed by atoms with van der Waals surface area (Å²) in [6.45, 7) is 6.03. The Bertz CT molecular complexity index is 405. The lowest BCUT2D eigenvalue weighted by Crippen LogP contribution is -2.38. The number of benzene rings is 1. The van der Waals surface area contributed by atoms with Crippen molar-refractivity contribution >= 4 is 0 Å². The van der Waals surface area contributed by atoms with Crippen LogP contribution >= 0.6 is 0 Å². The van der Waals surface area contributed by atoms with Gasteiger partial charge in [-0.05, 0) is 32.5 Å². The van der Waals surface area contributed by atoms with Crippen LogP contribution in [0, 0.1) is 5.92 Å². The number of nitrogens with zero attached hydrogens (tertiary/aromatic N) is 1. The lowest BCUT2D eigenvalue weighted by atomic mass is 10.0. The van der Waals surface area contributed by atoms with Gasteiger partial charge in [-0.3, -0.25) is 0 Å². The van der Waals surface area contributed by atoms with Gasteiger partial charge in [0.15, 0.2) is 11.5 Å². The number of methoxy groups -OCH3 is 1. The van der Waals surface area contributed by atoms with E-state index in [0.717, 1.165) is 18.5 Å². The van der Waals surface area contributed by atoms with E-state index in [-0.39, 0.29) is 5.75 Å². The summed E-state index contributed by atoms with van der Waals surface area (Å²) in [4.78, 5) is 2.25. The van der Waals surface area contributed by atoms with Gasteiger partial charge in [0.1, 0.15) is 0 Å². The molecule has 0 aromatic heterocycles. The van der Waals surface area contributed by atoms with Crippen molar-refractivity contribution < 1.29 is 9.84 Å². The van der Waals surface area contributed by atoms with Crippen molar-refractivity contribution in [1.82, 2.24) is 10.2 Å². The number of para-hydroxylation sites is 1. The van der Waals surface area contributed by atoms with E-state index < -0.39 is 0 Å². The van der Waals surface area contributed by atoms with Crippen LogP contribution in [0.15, 0.2) is 18.2 Å². The van der Waals surface area contributed by atoms with Crippen molar-refractivity contribution in [3.8, 4) is 11.5 Å². The van der Waals surface area contributed by atoms with Crippen molar-refractivity contribution in [3.63, 3.8) is 0 Å². The van der Waals surface area contributed by atoms with E-state index in [4.69, 9.17) is 4.74 Å². The second-order valence-electron chi connectivity index (χ2n) is 5.85. The molecule has 0 amide bonds. The molecule has 0 saturated heterocycles. The molecule has 20 heavy (non-hydrogen) atoms. The number of nitrogens with one attached hydrogen (secondary N) is 1. The topological polar surface area (TPSA) is 44.7 Å². The first-order valence-corrected chi connectivity index (χ1v) is 7.17. The number of likely N-dealkylation sites (N-methyl/N-ethyl adjacent to an activating group) is 1. The van der Waals surface area contributed by atoms with Crippen LogP contribution in [0.2, 0.25) is 0 Å². The molecule has 0 fully saturated rings.